The van der Waals surface area contributed by atoms with Gasteiger partial charge in [-0.2, -0.15) is 0 Å². The third-order valence-corrected chi connectivity index (χ3v) is 5.11. The molecule has 0 aliphatic carbocycles. The molecule has 0 radical (unpaired) electrons. The van der Waals surface area contributed by atoms with Crippen LogP contribution in [0.5, 0.6) is 0 Å². The highest BCUT2D eigenvalue weighted by molar-refractivity contribution is 5.80. The van der Waals surface area contributed by atoms with Crippen molar-refractivity contribution in [1.82, 2.24) is 20.6 Å². The third kappa shape index (κ3) is 3.31. The molecule has 26 heavy (non-hydrogen) atoms. The highest BCUT2D eigenvalue weighted by atomic mass is 16.3. The normalized spacial score (nSPS) is 19.9. The van der Waals surface area contributed by atoms with Crippen LogP contribution in [0.15, 0.2) is 22.8 Å². The minimum absolute atomic E-state index is 0.0246. The molecule has 2 aromatic heterocycles. The molecule has 2 aromatic rings. The van der Waals surface area contributed by atoms with Gasteiger partial charge in [-0.25, -0.2) is 9.97 Å². The Kier molecular flexibility index (Phi) is 4.88. The number of hydrogen-bond acceptors (Lipinski definition) is 6. The maximum atomic E-state index is 12.2. The average Bonchev–Trinajstić information content (AvgIpc) is 3.29. The summed E-state index contributed by atoms with van der Waals surface area (Å²) in [6.07, 6.45) is 4.29. The highest BCUT2D eigenvalue weighted by Gasteiger charge is 2.31. The second-order valence-electron chi connectivity index (χ2n) is 6.85. The number of rotatable bonds is 4. The van der Waals surface area contributed by atoms with Gasteiger partial charge in [-0.15, -0.1) is 0 Å². The summed E-state index contributed by atoms with van der Waals surface area (Å²) in [6.45, 7) is 6.03. The molecule has 0 bridgehead atoms. The summed E-state index contributed by atoms with van der Waals surface area (Å²) in [5.74, 6) is 2.45. The molecule has 1 amide bonds. The molecule has 1 fully saturated rings. The fraction of sp³-hybridized carbons (Fsp3) is 0.526. The van der Waals surface area contributed by atoms with Crippen molar-refractivity contribution in [1.29, 1.82) is 0 Å². The van der Waals surface area contributed by atoms with Crippen molar-refractivity contribution in [3.8, 4) is 11.6 Å². The molecule has 2 N–H and O–H groups in total. The molecule has 4 rings (SSSR count). The first-order valence-electron chi connectivity index (χ1n) is 9.43. The maximum Gasteiger partial charge on any atom is 0.224 e. The largest absolute Gasteiger partial charge is 0.461 e. The van der Waals surface area contributed by atoms with E-state index in [1.54, 1.807) is 6.26 Å². The summed E-state index contributed by atoms with van der Waals surface area (Å²) in [5, 5.41) is 6.38. The quantitative estimate of drug-likeness (QED) is 0.862. The zero-order chi connectivity index (χ0) is 17.9. The summed E-state index contributed by atoms with van der Waals surface area (Å²) in [7, 11) is 0. The van der Waals surface area contributed by atoms with E-state index in [1.807, 2.05) is 19.1 Å². The lowest BCUT2D eigenvalue weighted by Crippen LogP contribution is -2.33. The smallest absolute Gasteiger partial charge is 0.224 e. The van der Waals surface area contributed by atoms with Crippen molar-refractivity contribution >= 4 is 11.7 Å². The van der Waals surface area contributed by atoms with Gasteiger partial charge in [0.1, 0.15) is 5.82 Å². The predicted octanol–water partition coefficient (Wildman–Crippen LogP) is 1.39. The Bertz CT molecular complexity index is 774. The average molecular weight is 355 g/mol. The van der Waals surface area contributed by atoms with Crippen LogP contribution in [0.3, 0.4) is 0 Å². The number of furan rings is 1. The van der Waals surface area contributed by atoms with E-state index in [9.17, 15) is 4.79 Å². The zero-order valence-corrected chi connectivity index (χ0v) is 15.1. The van der Waals surface area contributed by atoms with Crippen LogP contribution in [0.1, 0.15) is 24.6 Å². The molecule has 1 saturated heterocycles. The predicted molar refractivity (Wildman–Crippen MR) is 99.0 cm³/mol. The van der Waals surface area contributed by atoms with Crippen LogP contribution in [0, 0.1) is 5.92 Å². The molecule has 7 nitrogen and oxygen atoms in total. The summed E-state index contributed by atoms with van der Waals surface area (Å²) >= 11 is 0. The van der Waals surface area contributed by atoms with Gasteiger partial charge in [-0.1, -0.05) is 0 Å². The summed E-state index contributed by atoms with van der Waals surface area (Å²) in [6, 6.07) is 3.74. The molecule has 4 heterocycles. The van der Waals surface area contributed by atoms with E-state index >= 15 is 0 Å². The molecule has 2 aliphatic rings. The van der Waals surface area contributed by atoms with Crippen molar-refractivity contribution in [3.63, 3.8) is 0 Å². The van der Waals surface area contributed by atoms with Crippen LogP contribution in [0.2, 0.25) is 0 Å². The molecular weight excluding hydrogens is 330 g/mol. The Balaban J connectivity index is 1.68. The Morgan fingerprint density at radius 1 is 1.38 bits per heavy atom. The highest BCUT2D eigenvalue weighted by Crippen LogP contribution is 2.31. The topological polar surface area (TPSA) is 83.3 Å². The third-order valence-electron chi connectivity index (χ3n) is 5.11. The van der Waals surface area contributed by atoms with E-state index in [4.69, 9.17) is 14.4 Å². The minimum Gasteiger partial charge on any atom is -0.461 e. The van der Waals surface area contributed by atoms with Crippen LogP contribution in [-0.2, 0) is 17.6 Å². The van der Waals surface area contributed by atoms with Crippen molar-refractivity contribution in [2.45, 2.75) is 26.2 Å². The summed E-state index contributed by atoms with van der Waals surface area (Å²) < 4.78 is 5.53. The van der Waals surface area contributed by atoms with Gasteiger partial charge >= 0.3 is 0 Å². The van der Waals surface area contributed by atoms with Gasteiger partial charge in [0.05, 0.1) is 17.9 Å². The Hall–Kier alpha value is -2.41. The molecule has 2 aliphatic heterocycles. The number of carbonyl (C=O) groups excluding carboxylic acids is 1. The molecule has 138 valence electrons. The first kappa shape index (κ1) is 17.0. The Morgan fingerprint density at radius 2 is 2.27 bits per heavy atom. The number of aromatic nitrogens is 2. The van der Waals surface area contributed by atoms with Crippen LogP contribution in [0.25, 0.3) is 11.6 Å². The molecule has 0 spiro atoms. The van der Waals surface area contributed by atoms with E-state index < -0.39 is 0 Å². The molecule has 1 atom stereocenters. The Labute approximate surface area is 153 Å². The SMILES string of the molecule is CCNC(=O)[C@H]1CCN(c2nc(-c3ccco3)nc3c2CCNCC3)C1. The van der Waals surface area contributed by atoms with Crippen molar-refractivity contribution < 1.29 is 9.21 Å². The van der Waals surface area contributed by atoms with Gasteiger partial charge in [0.2, 0.25) is 5.91 Å². The van der Waals surface area contributed by atoms with Gasteiger partial charge in [0.25, 0.3) is 0 Å². The number of fused-ring (bicyclic) bond motifs is 1. The van der Waals surface area contributed by atoms with E-state index in [0.717, 1.165) is 50.4 Å². The van der Waals surface area contributed by atoms with E-state index in [2.05, 4.69) is 15.5 Å². The van der Waals surface area contributed by atoms with Crippen LogP contribution >= 0.6 is 0 Å². The maximum absolute atomic E-state index is 12.2. The van der Waals surface area contributed by atoms with E-state index in [0.29, 0.717) is 24.7 Å². The van der Waals surface area contributed by atoms with Crippen LogP contribution in [0.4, 0.5) is 5.82 Å². The van der Waals surface area contributed by atoms with E-state index in [-0.39, 0.29) is 11.8 Å². The fourth-order valence-electron chi connectivity index (χ4n) is 3.79. The standard InChI is InChI=1S/C19H25N5O2/c1-2-21-19(25)13-7-10-24(12-13)18-14-5-8-20-9-6-15(14)22-17(23-18)16-4-3-11-26-16/h3-4,11,13,20H,2,5-10,12H2,1H3,(H,21,25)/t13-/m0/s1. The number of amides is 1. The van der Waals surface area contributed by atoms with Gasteiger partial charge < -0.3 is 20.0 Å². The number of hydrogen-bond donors (Lipinski definition) is 2. The molecule has 7 heteroatoms. The number of carbonyl (C=O) groups is 1. The van der Waals surface area contributed by atoms with Crippen molar-refractivity contribution in [2.75, 3.05) is 37.6 Å². The van der Waals surface area contributed by atoms with Gasteiger partial charge in [0, 0.05) is 38.2 Å². The van der Waals surface area contributed by atoms with Gasteiger partial charge in [0.15, 0.2) is 11.6 Å². The summed E-state index contributed by atoms with van der Waals surface area (Å²) in [5.41, 5.74) is 2.30. The number of anilines is 1. The van der Waals surface area contributed by atoms with Crippen molar-refractivity contribution in [3.05, 3.63) is 29.7 Å². The molecule has 0 aromatic carbocycles. The second-order valence-corrected chi connectivity index (χ2v) is 6.85. The van der Waals surface area contributed by atoms with Crippen LogP contribution < -0.4 is 15.5 Å². The first-order chi connectivity index (χ1) is 12.8. The molecule has 0 unspecified atom stereocenters. The van der Waals surface area contributed by atoms with Crippen LogP contribution in [-0.4, -0.2) is 48.6 Å². The van der Waals surface area contributed by atoms with Gasteiger partial charge in [-0.05, 0) is 38.4 Å². The molecular formula is C19H25N5O2. The van der Waals surface area contributed by atoms with Crippen molar-refractivity contribution in [2.24, 2.45) is 5.92 Å². The lowest BCUT2D eigenvalue weighted by atomic mass is 10.1. The van der Waals surface area contributed by atoms with E-state index in [1.165, 1.54) is 5.56 Å². The zero-order valence-electron chi connectivity index (χ0n) is 15.1. The lowest BCUT2D eigenvalue weighted by molar-refractivity contribution is -0.124. The Morgan fingerprint density at radius 3 is 3.08 bits per heavy atom. The number of nitrogens with zero attached hydrogens (tertiary/aromatic N) is 3. The van der Waals surface area contributed by atoms with Gasteiger partial charge in [-0.3, -0.25) is 4.79 Å². The summed E-state index contributed by atoms with van der Waals surface area (Å²) in [4.78, 5) is 24.1. The minimum atomic E-state index is 0.0246. The second kappa shape index (κ2) is 7.45. The molecule has 0 saturated carbocycles. The first-order valence-corrected chi connectivity index (χ1v) is 9.43. The lowest BCUT2D eigenvalue weighted by Gasteiger charge is -2.22. The fourth-order valence-corrected chi connectivity index (χ4v) is 3.79. The monoisotopic (exact) mass is 355 g/mol. The number of nitrogens with one attached hydrogen (secondary N) is 2.